The third kappa shape index (κ3) is 1.68. The van der Waals surface area contributed by atoms with Crippen LogP contribution in [0.25, 0.3) is 0 Å². The van der Waals surface area contributed by atoms with E-state index in [9.17, 15) is 5.11 Å². The zero-order valence-electron chi connectivity index (χ0n) is 6.93. The molecule has 0 aliphatic heterocycles. The van der Waals surface area contributed by atoms with E-state index in [1.54, 1.807) is 18.2 Å². The number of rotatable bonds is 2. The number of allylic oxidation sites excluding steroid dienone is 2. The zero-order valence-corrected chi connectivity index (χ0v) is 8.44. The van der Waals surface area contributed by atoms with Crippen molar-refractivity contribution in [3.8, 4) is 0 Å². The molecule has 1 rings (SSSR count). The number of alkyl halides is 1. The van der Waals surface area contributed by atoms with Crippen molar-refractivity contribution >= 4 is 23.2 Å². The lowest BCUT2D eigenvalue weighted by molar-refractivity contribution is 0.181. The molecule has 2 atom stereocenters. The number of aliphatic hydroxyl groups excluding tert-OH is 1. The molecule has 0 saturated carbocycles. The first-order valence-corrected chi connectivity index (χ1v) is 4.78. The van der Waals surface area contributed by atoms with E-state index in [4.69, 9.17) is 23.2 Å². The molecule has 0 spiro atoms. The summed E-state index contributed by atoms with van der Waals surface area (Å²) < 4.78 is 0. The summed E-state index contributed by atoms with van der Waals surface area (Å²) in [6.07, 6.45) is 6.04. The maximum Gasteiger partial charge on any atom is 0.109 e. The largest absolute Gasteiger partial charge is 0.387 e. The van der Waals surface area contributed by atoms with Crippen LogP contribution in [-0.4, -0.2) is 16.1 Å². The van der Waals surface area contributed by atoms with Gasteiger partial charge in [0.2, 0.25) is 0 Å². The van der Waals surface area contributed by atoms with Crippen LogP contribution in [0.2, 0.25) is 0 Å². The molecular formula is C9H12Cl2O. The topological polar surface area (TPSA) is 20.2 Å². The van der Waals surface area contributed by atoms with E-state index >= 15 is 0 Å². The second-order valence-electron chi connectivity index (χ2n) is 2.96. The molecule has 0 saturated heterocycles. The minimum absolute atomic E-state index is 0.529. The number of aliphatic hydroxyl groups is 1. The fraction of sp³-hybridized carbons (Fsp3) is 0.556. The van der Waals surface area contributed by atoms with Crippen molar-refractivity contribution in [1.29, 1.82) is 0 Å². The van der Waals surface area contributed by atoms with Crippen LogP contribution >= 0.6 is 23.2 Å². The van der Waals surface area contributed by atoms with Gasteiger partial charge in [-0.25, -0.2) is 0 Å². The van der Waals surface area contributed by atoms with Crippen LogP contribution in [0.1, 0.15) is 19.8 Å². The quantitative estimate of drug-likeness (QED) is 0.690. The lowest BCUT2D eigenvalue weighted by atomic mass is 9.92. The minimum atomic E-state index is -0.787. The predicted octanol–water partition coefficient (Wildman–Crippen LogP) is 2.82. The third-order valence-electron chi connectivity index (χ3n) is 2.02. The molecule has 12 heavy (non-hydrogen) atoms. The van der Waals surface area contributed by atoms with E-state index in [0.29, 0.717) is 11.5 Å². The van der Waals surface area contributed by atoms with Crippen LogP contribution < -0.4 is 0 Å². The molecule has 1 aliphatic carbocycles. The second-order valence-corrected chi connectivity index (χ2v) is 4.04. The molecule has 0 aromatic carbocycles. The summed E-state index contributed by atoms with van der Waals surface area (Å²) in [6, 6.07) is 0. The Labute approximate surface area is 82.7 Å². The van der Waals surface area contributed by atoms with Crippen LogP contribution in [0, 0.1) is 0 Å². The average molecular weight is 207 g/mol. The van der Waals surface area contributed by atoms with Gasteiger partial charge in [-0.3, -0.25) is 0 Å². The summed E-state index contributed by atoms with van der Waals surface area (Å²) in [5.41, 5.74) is 0. The van der Waals surface area contributed by atoms with E-state index in [0.717, 1.165) is 6.42 Å². The molecule has 0 radical (unpaired) electrons. The van der Waals surface area contributed by atoms with Gasteiger partial charge in [0.15, 0.2) is 0 Å². The lowest BCUT2D eigenvalue weighted by Gasteiger charge is -2.31. The first-order valence-electron chi connectivity index (χ1n) is 4.02. The molecule has 1 N–H and O–H groups in total. The van der Waals surface area contributed by atoms with Crippen LogP contribution in [0.5, 0.6) is 0 Å². The molecule has 0 bridgehead atoms. The van der Waals surface area contributed by atoms with Gasteiger partial charge in [0, 0.05) is 5.03 Å². The Morgan fingerprint density at radius 2 is 2.33 bits per heavy atom. The minimum Gasteiger partial charge on any atom is -0.387 e. The van der Waals surface area contributed by atoms with Gasteiger partial charge in [-0.2, -0.15) is 0 Å². The smallest absolute Gasteiger partial charge is 0.109 e. The summed E-state index contributed by atoms with van der Waals surface area (Å²) in [6.45, 7) is 2.01. The van der Waals surface area contributed by atoms with E-state index < -0.39 is 11.0 Å². The van der Waals surface area contributed by atoms with E-state index in [2.05, 4.69) is 0 Å². The lowest BCUT2D eigenvalue weighted by Crippen LogP contribution is -2.37. The molecule has 0 aromatic rings. The van der Waals surface area contributed by atoms with Crippen molar-refractivity contribution in [1.82, 2.24) is 0 Å². The highest BCUT2D eigenvalue weighted by Gasteiger charge is 2.37. The maximum absolute atomic E-state index is 9.59. The standard InChI is InChI=1S/C9H12Cl2O/c1-2-6-9(11)7(10)4-3-5-8(9)12/h3-5,8,12H,2,6H2,1H3. The van der Waals surface area contributed by atoms with Crippen LogP contribution in [0.3, 0.4) is 0 Å². The van der Waals surface area contributed by atoms with Crippen LogP contribution in [-0.2, 0) is 0 Å². The summed E-state index contributed by atoms with van der Waals surface area (Å²) >= 11 is 12.1. The van der Waals surface area contributed by atoms with Crippen molar-refractivity contribution in [3.63, 3.8) is 0 Å². The summed E-state index contributed by atoms with van der Waals surface area (Å²) in [5, 5.41) is 10.1. The van der Waals surface area contributed by atoms with Crippen molar-refractivity contribution in [2.45, 2.75) is 30.7 Å². The van der Waals surface area contributed by atoms with E-state index in [1.807, 2.05) is 6.92 Å². The van der Waals surface area contributed by atoms with E-state index in [-0.39, 0.29) is 0 Å². The predicted molar refractivity (Wildman–Crippen MR) is 52.6 cm³/mol. The van der Waals surface area contributed by atoms with Crippen LogP contribution in [0.15, 0.2) is 23.3 Å². The van der Waals surface area contributed by atoms with Crippen LogP contribution in [0.4, 0.5) is 0 Å². The van der Waals surface area contributed by atoms with Gasteiger partial charge in [-0.1, -0.05) is 37.1 Å². The van der Waals surface area contributed by atoms with Gasteiger partial charge in [0.25, 0.3) is 0 Å². The normalized spacial score (nSPS) is 35.0. The van der Waals surface area contributed by atoms with Crippen molar-refractivity contribution in [3.05, 3.63) is 23.3 Å². The molecule has 0 aromatic heterocycles. The Morgan fingerprint density at radius 3 is 2.83 bits per heavy atom. The van der Waals surface area contributed by atoms with Gasteiger partial charge in [0.05, 0.1) is 6.10 Å². The van der Waals surface area contributed by atoms with E-state index in [1.165, 1.54) is 0 Å². The highest BCUT2D eigenvalue weighted by atomic mass is 35.5. The first-order chi connectivity index (χ1) is 5.61. The SMILES string of the molecule is CCCC1(Cl)C(Cl)=CC=CC1O. The molecule has 3 heteroatoms. The third-order valence-corrected chi connectivity index (χ3v) is 3.19. The number of hydrogen-bond donors (Lipinski definition) is 1. The number of halogens is 2. The van der Waals surface area contributed by atoms with Crippen molar-refractivity contribution in [2.24, 2.45) is 0 Å². The molecule has 0 heterocycles. The Hall–Kier alpha value is 0.0200. The van der Waals surface area contributed by atoms with Gasteiger partial charge >= 0.3 is 0 Å². The molecule has 1 nitrogen and oxygen atoms in total. The van der Waals surface area contributed by atoms with Gasteiger partial charge in [-0.15, -0.1) is 11.6 Å². The highest BCUT2D eigenvalue weighted by Crippen LogP contribution is 2.39. The fourth-order valence-electron chi connectivity index (χ4n) is 1.31. The highest BCUT2D eigenvalue weighted by molar-refractivity contribution is 6.40. The van der Waals surface area contributed by atoms with Gasteiger partial charge in [-0.05, 0) is 12.5 Å². The number of hydrogen-bond acceptors (Lipinski definition) is 1. The van der Waals surface area contributed by atoms with Gasteiger partial charge < -0.3 is 5.11 Å². The molecule has 1 aliphatic rings. The van der Waals surface area contributed by atoms with Crippen molar-refractivity contribution in [2.75, 3.05) is 0 Å². The monoisotopic (exact) mass is 206 g/mol. The first kappa shape index (κ1) is 10.1. The molecular weight excluding hydrogens is 195 g/mol. The van der Waals surface area contributed by atoms with Crippen molar-refractivity contribution < 1.29 is 5.11 Å². The summed E-state index contributed by atoms with van der Waals surface area (Å²) in [4.78, 5) is -0.787. The fourth-order valence-corrected chi connectivity index (χ4v) is 1.91. The summed E-state index contributed by atoms with van der Waals surface area (Å²) in [7, 11) is 0. The summed E-state index contributed by atoms with van der Waals surface area (Å²) in [5.74, 6) is 0. The molecule has 68 valence electrons. The van der Waals surface area contributed by atoms with Gasteiger partial charge in [0.1, 0.15) is 4.87 Å². The Balaban J connectivity index is 2.86. The Morgan fingerprint density at radius 1 is 1.67 bits per heavy atom. The molecule has 2 unspecified atom stereocenters. The molecule has 0 amide bonds. The Bertz CT molecular complexity index is 223. The second kappa shape index (κ2) is 3.82. The Kier molecular flexibility index (Phi) is 3.22. The zero-order chi connectivity index (χ0) is 9.19. The average Bonchev–Trinajstić information content (AvgIpc) is 2.02. The maximum atomic E-state index is 9.59. The molecule has 0 fully saturated rings.